The summed E-state index contributed by atoms with van der Waals surface area (Å²) in [7, 11) is 0. The largest absolute Gasteiger partial charge is 0.460 e. The van der Waals surface area contributed by atoms with Gasteiger partial charge in [0.25, 0.3) is 5.78 Å². The number of esters is 1. The van der Waals surface area contributed by atoms with Gasteiger partial charge in [-0.05, 0) is 25.7 Å². The van der Waals surface area contributed by atoms with Gasteiger partial charge in [0.05, 0.1) is 6.61 Å². The molecule has 0 aromatic carbocycles. The van der Waals surface area contributed by atoms with Gasteiger partial charge in [-0.3, -0.25) is 4.79 Å². The molecule has 0 saturated heterocycles. The number of Topliss-reactive ketones (excluding diaryl/α,β-unsaturated/α-hetero) is 1. The molecule has 0 bridgehead atoms. The topological polar surface area (TPSA) is 43.4 Å². The lowest BCUT2D eigenvalue weighted by atomic mass is 9.78. The molecule has 1 atom stereocenters. The van der Waals surface area contributed by atoms with Gasteiger partial charge in [0.15, 0.2) is 0 Å². The summed E-state index contributed by atoms with van der Waals surface area (Å²) in [6.07, 6.45) is 3.78. The molecule has 1 aliphatic carbocycles. The van der Waals surface area contributed by atoms with Crippen molar-refractivity contribution in [3.8, 4) is 0 Å². The summed E-state index contributed by atoms with van der Waals surface area (Å²) in [5, 5.41) is 0.527. The Kier molecular flexibility index (Phi) is 5.00. The number of carbonyl (C=O) groups is 2. The number of carbonyl (C=O) groups excluding carboxylic acids is 2. The van der Waals surface area contributed by atoms with E-state index in [4.69, 9.17) is 11.6 Å². The Hall–Kier alpha value is -0.830. The maximum absolute atomic E-state index is 11.7. The molecule has 0 aromatic heterocycles. The second kappa shape index (κ2) is 6.04. The molecule has 0 spiro atoms. The van der Waals surface area contributed by atoms with Gasteiger partial charge in [-0.25, -0.2) is 4.79 Å². The van der Waals surface area contributed by atoms with Crippen LogP contribution in [-0.4, -0.2) is 18.4 Å². The zero-order chi connectivity index (χ0) is 12.1. The lowest BCUT2D eigenvalue weighted by molar-refractivity contribution is -0.152. The molecule has 0 amide bonds. The third-order valence-corrected chi connectivity index (χ3v) is 3.10. The van der Waals surface area contributed by atoms with Crippen molar-refractivity contribution in [1.29, 1.82) is 0 Å². The molecule has 4 heteroatoms. The van der Waals surface area contributed by atoms with E-state index in [1.54, 1.807) is 6.92 Å². The maximum Gasteiger partial charge on any atom is 0.379 e. The smallest absolute Gasteiger partial charge is 0.379 e. The van der Waals surface area contributed by atoms with Crippen LogP contribution in [0.1, 0.15) is 39.5 Å². The Balaban J connectivity index is 2.61. The zero-order valence-corrected chi connectivity index (χ0v) is 10.5. The highest BCUT2D eigenvalue weighted by Crippen LogP contribution is 2.40. The number of ketones is 1. The Morgan fingerprint density at radius 2 is 2.12 bits per heavy atom. The Bertz CT molecular complexity index is 320. The van der Waals surface area contributed by atoms with E-state index in [2.05, 4.69) is 11.7 Å². The highest BCUT2D eigenvalue weighted by atomic mass is 35.5. The molecule has 16 heavy (non-hydrogen) atoms. The van der Waals surface area contributed by atoms with E-state index >= 15 is 0 Å². The van der Waals surface area contributed by atoms with Crippen LogP contribution in [0.5, 0.6) is 0 Å². The quantitative estimate of drug-likeness (QED) is 0.533. The van der Waals surface area contributed by atoms with Crippen molar-refractivity contribution in [2.24, 2.45) is 5.92 Å². The normalized spacial score (nSPS) is 19.3. The lowest BCUT2D eigenvalue weighted by Crippen LogP contribution is -2.29. The second-order valence-corrected chi connectivity index (χ2v) is 4.37. The molecule has 90 valence electrons. The monoisotopic (exact) mass is 244 g/mol. The number of hydrogen-bond acceptors (Lipinski definition) is 3. The molecule has 0 N–H and O–H groups in total. The van der Waals surface area contributed by atoms with Crippen LogP contribution in [0, 0.1) is 5.92 Å². The SMILES string of the molecule is CCCCC1CC(Cl)=C1C(=O)C(=O)OCC. The van der Waals surface area contributed by atoms with Crippen LogP contribution in [0.3, 0.4) is 0 Å². The zero-order valence-electron chi connectivity index (χ0n) is 9.72. The van der Waals surface area contributed by atoms with Gasteiger partial charge >= 0.3 is 5.97 Å². The molecule has 1 unspecified atom stereocenters. The van der Waals surface area contributed by atoms with E-state index in [1.807, 2.05) is 0 Å². The molecule has 0 aromatic rings. The van der Waals surface area contributed by atoms with Gasteiger partial charge in [-0.15, -0.1) is 0 Å². The van der Waals surface area contributed by atoms with Gasteiger partial charge in [-0.2, -0.15) is 0 Å². The predicted molar refractivity (Wildman–Crippen MR) is 62.2 cm³/mol. The van der Waals surface area contributed by atoms with Gasteiger partial charge < -0.3 is 4.74 Å². The molecule has 1 rings (SSSR count). The number of ether oxygens (including phenoxy) is 1. The highest BCUT2D eigenvalue weighted by Gasteiger charge is 2.36. The maximum atomic E-state index is 11.7. The van der Waals surface area contributed by atoms with Crippen LogP contribution in [0.15, 0.2) is 10.6 Å². The van der Waals surface area contributed by atoms with Crippen LogP contribution in [0.25, 0.3) is 0 Å². The first-order valence-corrected chi connectivity index (χ1v) is 6.09. The van der Waals surface area contributed by atoms with Crippen molar-refractivity contribution < 1.29 is 14.3 Å². The number of allylic oxidation sites excluding steroid dienone is 1. The van der Waals surface area contributed by atoms with Crippen molar-refractivity contribution in [2.45, 2.75) is 39.5 Å². The van der Waals surface area contributed by atoms with E-state index in [0.717, 1.165) is 25.7 Å². The minimum absolute atomic E-state index is 0.157. The van der Waals surface area contributed by atoms with E-state index in [9.17, 15) is 9.59 Å². The molecular weight excluding hydrogens is 228 g/mol. The molecule has 0 aliphatic heterocycles. The fourth-order valence-corrected chi connectivity index (χ4v) is 2.26. The summed E-state index contributed by atoms with van der Waals surface area (Å²) in [4.78, 5) is 23.0. The fourth-order valence-electron chi connectivity index (χ4n) is 1.83. The average Bonchev–Trinajstić information content (AvgIpc) is 2.24. The minimum Gasteiger partial charge on any atom is -0.460 e. The summed E-state index contributed by atoms with van der Waals surface area (Å²) < 4.78 is 4.68. The van der Waals surface area contributed by atoms with Crippen molar-refractivity contribution >= 4 is 23.4 Å². The molecule has 0 radical (unpaired) electrons. The van der Waals surface area contributed by atoms with Crippen LogP contribution in [-0.2, 0) is 14.3 Å². The molecule has 0 heterocycles. The Morgan fingerprint density at radius 3 is 2.62 bits per heavy atom. The standard InChI is InChI=1S/C12H17ClO3/c1-3-5-6-8-7-9(13)10(8)11(14)12(15)16-4-2/h8H,3-7H2,1-2H3. The first kappa shape index (κ1) is 13.2. The second-order valence-electron chi connectivity index (χ2n) is 3.91. The number of rotatable bonds is 6. The van der Waals surface area contributed by atoms with Gasteiger partial charge in [0.1, 0.15) is 0 Å². The molecule has 3 nitrogen and oxygen atoms in total. The third-order valence-electron chi connectivity index (χ3n) is 2.74. The molecule has 0 fully saturated rings. The highest BCUT2D eigenvalue weighted by molar-refractivity contribution is 6.45. The summed E-state index contributed by atoms with van der Waals surface area (Å²) in [6.45, 7) is 3.99. The van der Waals surface area contributed by atoms with Crippen LogP contribution in [0.2, 0.25) is 0 Å². The van der Waals surface area contributed by atoms with Crippen LogP contribution >= 0.6 is 11.6 Å². The van der Waals surface area contributed by atoms with Gasteiger partial charge in [0.2, 0.25) is 0 Å². The van der Waals surface area contributed by atoms with Crippen molar-refractivity contribution in [3.63, 3.8) is 0 Å². The van der Waals surface area contributed by atoms with Crippen molar-refractivity contribution in [1.82, 2.24) is 0 Å². The molecule has 0 saturated carbocycles. The van der Waals surface area contributed by atoms with E-state index in [-0.39, 0.29) is 12.5 Å². The van der Waals surface area contributed by atoms with E-state index in [0.29, 0.717) is 10.6 Å². The first-order valence-electron chi connectivity index (χ1n) is 5.71. The van der Waals surface area contributed by atoms with E-state index < -0.39 is 11.8 Å². The Morgan fingerprint density at radius 1 is 1.44 bits per heavy atom. The summed E-state index contributed by atoms with van der Waals surface area (Å²) in [5.41, 5.74) is 0.480. The number of hydrogen-bond donors (Lipinski definition) is 0. The van der Waals surface area contributed by atoms with Crippen molar-refractivity contribution in [3.05, 3.63) is 10.6 Å². The van der Waals surface area contributed by atoms with Gasteiger partial charge in [-0.1, -0.05) is 31.4 Å². The Labute approximate surface area is 101 Å². The van der Waals surface area contributed by atoms with Crippen molar-refractivity contribution in [2.75, 3.05) is 6.61 Å². The fraction of sp³-hybridized carbons (Fsp3) is 0.667. The average molecular weight is 245 g/mol. The third kappa shape index (κ3) is 2.85. The van der Waals surface area contributed by atoms with Crippen LogP contribution < -0.4 is 0 Å². The predicted octanol–water partition coefficient (Wildman–Crippen LogP) is 2.82. The van der Waals surface area contributed by atoms with E-state index in [1.165, 1.54) is 0 Å². The first-order chi connectivity index (χ1) is 7.61. The summed E-state index contributed by atoms with van der Waals surface area (Å²) in [6, 6.07) is 0. The number of unbranched alkanes of at least 4 members (excludes halogenated alkanes) is 1. The van der Waals surface area contributed by atoms with Crippen LogP contribution in [0.4, 0.5) is 0 Å². The summed E-state index contributed by atoms with van der Waals surface area (Å²) >= 11 is 5.88. The number of halogens is 1. The lowest BCUT2D eigenvalue weighted by Gasteiger charge is -2.28. The minimum atomic E-state index is -0.781. The van der Waals surface area contributed by atoms with Gasteiger partial charge in [0, 0.05) is 10.6 Å². The summed E-state index contributed by atoms with van der Waals surface area (Å²) in [5.74, 6) is -1.18. The molecular formula is C12H17ClO3. The molecule has 1 aliphatic rings.